The topological polar surface area (TPSA) is 119 Å². The quantitative estimate of drug-likeness (QED) is 0.731. The molecule has 0 radical (unpaired) electrons. The molecule has 1 aliphatic heterocycles. The van der Waals surface area contributed by atoms with Crippen molar-refractivity contribution in [1.29, 1.82) is 0 Å². The zero-order valence-corrected chi connectivity index (χ0v) is 15.8. The smallest absolute Gasteiger partial charge is 0.277 e. The van der Waals surface area contributed by atoms with Crippen LogP contribution in [0.4, 0.5) is 0 Å². The molecule has 0 aliphatic carbocycles. The zero-order valence-electron chi connectivity index (χ0n) is 15.0. The highest BCUT2D eigenvalue weighted by atomic mass is 32.2. The van der Waals surface area contributed by atoms with E-state index in [0.717, 1.165) is 5.69 Å². The normalized spacial score (nSPS) is 17.6. The Bertz CT molecular complexity index is 778. The number of rotatable bonds is 5. The van der Waals surface area contributed by atoms with Gasteiger partial charge in [0.15, 0.2) is 5.78 Å². The maximum Gasteiger partial charge on any atom is 0.277 e. The van der Waals surface area contributed by atoms with Gasteiger partial charge < -0.3 is 4.90 Å². The number of nitrogens with two attached hydrogens (primary N) is 1. The van der Waals surface area contributed by atoms with Crippen LogP contribution in [-0.2, 0) is 15.0 Å². The Balaban J connectivity index is 2.02. The van der Waals surface area contributed by atoms with Crippen LogP contribution in [0.1, 0.15) is 48.1 Å². The Morgan fingerprint density at radius 3 is 2.20 bits per heavy atom. The zero-order chi connectivity index (χ0) is 18.9. The number of amides is 1. The average Bonchev–Trinajstić information content (AvgIpc) is 2.81. The molecule has 2 heterocycles. The first-order chi connectivity index (χ1) is 11.5. The Morgan fingerprint density at radius 2 is 1.76 bits per heavy atom. The minimum absolute atomic E-state index is 0.0427. The first kappa shape index (κ1) is 19.5. The molecule has 10 heteroatoms. The second-order valence-corrected chi connectivity index (χ2v) is 7.97. The second kappa shape index (κ2) is 7.22. The van der Waals surface area contributed by atoms with Gasteiger partial charge in [0.1, 0.15) is 0 Å². The molecular weight excluding hydrogens is 346 g/mol. The third-order valence-electron chi connectivity index (χ3n) is 4.52. The molecule has 1 aromatic heterocycles. The fourth-order valence-electron chi connectivity index (χ4n) is 3.26. The van der Waals surface area contributed by atoms with E-state index >= 15 is 0 Å². The molecule has 25 heavy (non-hydrogen) atoms. The monoisotopic (exact) mass is 371 g/mol. The number of piperazine rings is 1. The van der Waals surface area contributed by atoms with E-state index in [1.165, 1.54) is 11.2 Å². The predicted octanol–water partition coefficient (Wildman–Crippen LogP) is 0.00134. The summed E-state index contributed by atoms with van der Waals surface area (Å²) in [6.45, 7) is 8.02. The van der Waals surface area contributed by atoms with Crippen molar-refractivity contribution < 1.29 is 18.0 Å². The number of ketones is 1. The van der Waals surface area contributed by atoms with Gasteiger partial charge in [-0.2, -0.15) is 17.8 Å². The minimum atomic E-state index is -3.71. The van der Waals surface area contributed by atoms with E-state index in [2.05, 4.69) is 5.10 Å². The highest BCUT2D eigenvalue weighted by Gasteiger charge is 2.28. The summed E-state index contributed by atoms with van der Waals surface area (Å²) in [7, 11) is -3.71. The van der Waals surface area contributed by atoms with E-state index in [1.54, 1.807) is 16.5 Å². The van der Waals surface area contributed by atoms with Crippen molar-refractivity contribution in [3.8, 4) is 0 Å². The van der Waals surface area contributed by atoms with Crippen LogP contribution in [0.5, 0.6) is 0 Å². The molecule has 0 bridgehead atoms. The van der Waals surface area contributed by atoms with Crippen molar-refractivity contribution in [3.63, 3.8) is 0 Å². The summed E-state index contributed by atoms with van der Waals surface area (Å²) in [5.74, 6) is -0.114. The third-order valence-corrected chi connectivity index (χ3v) is 5.60. The Kier molecular flexibility index (Phi) is 5.65. The lowest BCUT2D eigenvalue weighted by atomic mass is 10.1. The summed E-state index contributed by atoms with van der Waals surface area (Å²) in [6.07, 6.45) is 0.231. The molecule has 0 spiro atoms. The molecule has 1 aromatic rings. The van der Waals surface area contributed by atoms with Gasteiger partial charge >= 0.3 is 0 Å². The van der Waals surface area contributed by atoms with Gasteiger partial charge in [-0.15, -0.1) is 0 Å². The van der Waals surface area contributed by atoms with Gasteiger partial charge in [0, 0.05) is 38.3 Å². The molecule has 1 amide bonds. The largest absolute Gasteiger partial charge is 0.340 e. The van der Waals surface area contributed by atoms with Crippen molar-refractivity contribution in [2.75, 3.05) is 26.2 Å². The summed E-state index contributed by atoms with van der Waals surface area (Å²) in [5.41, 5.74) is 2.01. The van der Waals surface area contributed by atoms with Crippen LogP contribution < -0.4 is 5.14 Å². The molecule has 1 aliphatic rings. The van der Waals surface area contributed by atoms with Crippen LogP contribution in [0.15, 0.2) is 0 Å². The number of carbonyl (C=O) groups is 2. The molecule has 1 unspecified atom stereocenters. The highest BCUT2D eigenvalue weighted by molar-refractivity contribution is 7.86. The van der Waals surface area contributed by atoms with Crippen LogP contribution in [0.3, 0.4) is 0 Å². The first-order valence-electron chi connectivity index (χ1n) is 8.14. The molecular formula is C15H25N5O4S. The van der Waals surface area contributed by atoms with Crippen molar-refractivity contribution in [2.24, 2.45) is 5.14 Å². The third kappa shape index (κ3) is 4.25. The summed E-state index contributed by atoms with van der Waals surface area (Å²) >= 11 is 0. The number of aryl methyl sites for hydroxylation is 1. The second-order valence-electron chi connectivity index (χ2n) is 6.42. The number of Topliss-reactive ketones (excluding diaryl/α,β-unsaturated/α-hetero) is 1. The molecule has 0 aromatic carbocycles. The van der Waals surface area contributed by atoms with Gasteiger partial charge in [-0.1, -0.05) is 0 Å². The Labute approximate surface area is 147 Å². The number of hydrogen-bond acceptors (Lipinski definition) is 5. The van der Waals surface area contributed by atoms with Crippen LogP contribution in [0, 0.1) is 13.8 Å². The molecule has 1 saturated heterocycles. The number of aromatic nitrogens is 2. The lowest BCUT2D eigenvalue weighted by Gasteiger charge is -2.33. The summed E-state index contributed by atoms with van der Waals surface area (Å²) in [4.78, 5) is 25.8. The maximum atomic E-state index is 12.5. The van der Waals surface area contributed by atoms with Gasteiger partial charge in [-0.05, 0) is 27.7 Å². The van der Waals surface area contributed by atoms with Crippen LogP contribution in [0.25, 0.3) is 0 Å². The lowest BCUT2D eigenvalue weighted by Crippen LogP contribution is -2.52. The SMILES string of the molecule is CC(=O)c1c(C)nn(C(C)CC(=O)N2CCN(S(N)(=O)=O)CC2)c1C. The van der Waals surface area contributed by atoms with Gasteiger partial charge in [0.2, 0.25) is 5.91 Å². The number of nitrogens with zero attached hydrogens (tertiary/aromatic N) is 4. The lowest BCUT2D eigenvalue weighted by molar-refractivity contribution is -0.133. The summed E-state index contributed by atoms with van der Waals surface area (Å²) in [5, 5.41) is 9.50. The molecule has 2 N–H and O–H groups in total. The fraction of sp³-hybridized carbons (Fsp3) is 0.667. The molecule has 1 fully saturated rings. The highest BCUT2D eigenvalue weighted by Crippen LogP contribution is 2.21. The minimum Gasteiger partial charge on any atom is -0.340 e. The van der Waals surface area contributed by atoms with Crippen molar-refractivity contribution in [2.45, 2.75) is 40.2 Å². The molecule has 2 rings (SSSR count). The first-order valence-corrected chi connectivity index (χ1v) is 9.65. The van der Waals surface area contributed by atoms with Gasteiger partial charge in [-0.3, -0.25) is 14.3 Å². The van der Waals surface area contributed by atoms with Crippen LogP contribution in [0.2, 0.25) is 0 Å². The van der Waals surface area contributed by atoms with E-state index in [0.29, 0.717) is 24.3 Å². The summed E-state index contributed by atoms with van der Waals surface area (Å²) in [6, 6.07) is -0.199. The molecule has 140 valence electrons. The van der Waals surface area contributed by atoms with Gasteiger partial charge in [0.05, 0.1) is 17.3 Å². The van der Waals surface area contributed by atoms with E-state index in [4.69, 9.17) is 5.14 Å². The predicted molar refractivity (Wildman–Crippen MR) is 92.3 cm³/mol. The van der Waals surface area contributed by atoms with Gasteiger partial charge in [-0.25, -0.2) is 5.14 Å². The average molecular weight is 371 g/mol. The van der Waals surface area contributed by atoms with E-state index in [1.807, 2.05) is 13.8 Å². The molecule has 1 atom stereocenters. The molecule has 0 saturated carbocycles. The van der Waals surface area contributed by atoms with Crippen LogP contribution >= 0.6 is 0 Å². The van der Waals surface area contributed by atoms with Gasteiger partial charge in [0.25, 0.3) is 10.2 Å². The van der Waals surface area contributed by atoms with Crippen molar-refractivity contribution in [1.82, 2.24) is 19.0 Å². The van der Waals surface area contributed by atoms with Crippen molar-refractivity contribution >= 4 is 21.9 Å². The molecule has 9 nitrogen and oxygen atoms in total. The fourth-order valence-corrected chi connectivity index (χ4v) is 3.93. The van der Waals surface area contributed by atoms with E-state index in [-0.39, 0.29) is 37.2 Å². The van der Waals surface area contributed by atoms with E-state index < -0.39 is 10.2 Å². The van der Waals surface area contributed by atoms with Crippen molar-refractivity contribution in [3.05, 3.63) is 17.0 Å². The summed E-state index contributed by atoms with van der Waals surface area (Å²) < 4.78 is 25.5. The van der Waals surface area contributed by atoms with E-state index in [9.17, 15) is 18.0 Å². The number of hydrogen-bond donors (Lipinski definition) is 1. The van der Waals surface area contributed by atoms with Crippen LogP contribution in [-0.4, -0.2) is 65.3 Å². The Hall–Kier alpha value is -1.78. The number of carbonyl (C=O) groups excluding carboxylic acids is 2. The maximum absolute atomic E-state index is 12.5. The standard InChI is InChI=1S/C15H25N5O4S/c1-10(20-12(3)15(13(4)21)11(2)17-20)9-14(22)18-5-7-19(8-6-18)25(16,23)24/h10H,5-9H2,1-4H3,(H2,16,23,24). The Morgan fingerprint density at radius 1 is 1.20 bits per heavy atom.